The van der Waals surface area contributed by atoms with Crippen LogP contribution in [0.25, 0.3) is 0 Å². The highest BCUT2D eigenvalue weighted by atomic mass is 19.4. The van der Waals surface area contributed by atoms with Crippen LogP contribution in [-0.4, -0.2) is 100 Å². The Morgan fingerprint density at radius 3 is 2.24 bits per heavy atom. The van der Waals surface area contributed by atoms with Crippen molar-refractivity contribution in [3.63, 3.8) is 0 Å². The Balaban J connectivity index is 0.000000587. The Bertz CT molecular complexity index is 1340. The van der Waals surface area contributed by atoms with Crippen molar-refractivity contribution in [2.45, 2.75) is 39.3 Å². The van der Waals surface area contributed by atoms with Gasteiger partial charge in [0.05, 0.1) is 17.2 Å². The fraction of sp³-hybridized carbons (Fsp3) is 0.519. The molecule has 10 nitrogen and oxygen atoms in total. The topological polar surface area (TPSA) is 127 Å². The summed E-state index contributed by atoms with van der Waals surface area (Å²) in [5, 5.41) is 13.7. The minimum Gasteiger partial charge on any atom is -0.475 e. The number of hydrogen-bond donors (Lipinski definition) is 2. The Morgan fingerprint density at radius 1 is 1.05 bits per heavy atom. The molecule has 1 atom stereocenters. The molecule has 14 heteroatoms. The molecule has 1 aromatic heterocycles. The second-order valence-electron chi connectivity index (χ2n) is 10.3. The Hall–Kier alpha value is -3.81. The van der Waals surface area contributed by atoms with Gasteiger partial charge in [-0.25, -0.2) is 14.3 Å². The van der Waals surface area contributed by atoms with E-state index in [0.29, 0.717) is 43.9 Å². The molecule has 2 amide bonds. The molecular weight excluding hydrogens is 550 g/mol. The van der Waals surface area contributed by atoms with Crippen molar-refractivity contribution in [2.75, 3.05) is 46.3 Å². The number of amides is 2. The van der Waals surface area contributed by atoms with Crippen LogP contribution in [0.5, 0.6) is 0 Å². The van der Waals surface area contributed by atoms with Crippen LogP contribution in [0, 0.1) is 25.6 Å². The lowest BCUT2D eigenvalue weighted by Crippen LogP contribution is -2.53. The number of piperazine rings is 1. The minimum absolute atomic E-state index is 0.0174. The van der Waals surface area contributed by atoms with Crippen LogP contribution in [0.1, 0.15) is 45.6 Å². The van der Waals surface area contributed by atoms with Crippen LogP contribution < -0.4 is 5.56 Å². The minimum atomic E-state index is -5.08. The maximum absolute atomic E-state index is 14.6. The van der Waals surface area contributed by atoms with Crippen LogP contribution >= 0.6 is 0 Å². The number of carboxylic acid groups (broad SMARTS) is 1. The van der Waals surface area contributed by atoms with Crippen molar-refractivity contribution in [1.82, 2.24) is 24.9 Å². The van der Waals surface area contributed by atoms with E-state index in [1.165, 1.54) is 6.07 Å². The molecular formula is C27H33F4N5O5. The molecule has 224 valence electrons. The van der Waals surface area contributed by atoms with Crippen molar-refractivity contribution in [1.29, 1.82) is 0 Å². The van der Waals surface area contributed by atoms with Crippen LogP contribution in [0.15, 0.2) is 23.0 Å². The van der Waals surface area contributed by atoms with Gasteiger partial charge < -0.3 is 19.8 Å². The molecule has 0 saturated carbocycles. The van der Waals surface area contributed by atoms with E-state index in [1.54, 1.807) is 24.0 Å². The standard InChI is InChI=1S/C25H32FN5O3.C2HF3O2/c1-16-17(2)23(32)28-27-22(16)14-18-6-7-21(26)20(13-18)25(34)31-11-9-30(10-12-31)24(33)19-5-4-8-29(3)15-19;3-2(4,5)1(6)7/h6-7,13,19H,4-5,8-12,14-15H2,1-3H3,(H,28,32);(H,6,7). The number of benzene rings is 1. The third-order valence-corrected chi connectivity index (χ3v) is 7.36. The summed E-state index contributed by atoms with van der Waals surface area (Å²) in [6, 6.07) is 4.50. The third-order valence-electron chi connectivity index (χ3n) is 7.36. The van der Waals surface area contributed by atoms with Gasteiger partial charge in [-0.15, -0.1) is 0 Å². The average Bonchev–Trinajstić information content (AvgIpc) is 2.93. The van der Waals surface area contributed by atoms with Gasteiger partial charge in [-0.3, -0.25) is 14.4 Å². The SMILES string of the molecule is Cc1c(Cc2ccc(F)c(C(=O)N3CCN(C(=O)C4CCCN(C)C4)CC3)c2)n[nH]c(=O)c1C.O=C(O)C(F)(F)F. The van der Waals surface area contributed by atoms with Crippen LogP contribution in [0.2, 0.25) is 0 Å². The van der Waals surface area contributed by atoms with Crippen molar-refractivity contribution >= 4 is 17.8 Å². The molecule has 2 aliphatic heterocycles. The number of aliphatic carboxylic acids is 1. The van der Waals surface area contributed by atoms with Gasteiger partial charge in [-0.1, -0.05) is 6.07 Å². The number of aromatic nitrogens is 2. The quantitative estimate of drug-likeness (QED) is 0.530. The van der Waals surface area contributed by atoms with E-state index in [0.717, 1.165) is 37.1 Å². The first-order chi connectivity index (χ1) is 19.2. The summed E-state index contributed by atoms with van der Waals surface area (Å²) in [5.41, 5.74) is 2.58. The van der Waals surface area contributed by atoms with Crippen LogP contribution in [-0.2, 0) is 16.0 Å². The Labute approximate surface area is 233 Å². The van der Waals surface area contributed by atoms with E-state index < -0.39 is 18.0 Å². The molecule has 1 unspecified atom stereocenters. The number of halogens is 4. The lowest BCUT2D eigenvalue weighted by Gasteiger charge is -2.38. The zero-order valence-electron chi connectivity index (χ0n) is 23.1. The maximum Gasteiger partial charge on any atom is 0.490 e. The highest BCUT2D eigenvalue weighted by molar-refractivity contribution is 5.95. The molecule has 2 aliphatic rings. The molecule has 0 spiro atoms. The molecule has 2 fully saturated rings. The van der Waals surface area contributed by atoms with E-state index in [9.17, 15) is 31.9 Å². The zero-order valence-corrected chi connectivity index (χ0v) is 23.1. The van der Waals surface area contributed by atoms with E-state index >= 15 is 0 Å². The summed E-state index contributed by atoms with van der Waals surface area (Å²) >= 11 is 0. The number of alkyl halides is 3. The number of carbonyl (C=O) groups is 3. The number of H-pyrrole nitrogens is 1. The van der Waals surface area contributed by atoms with Crippen LogP contribution in [0.3, 0.4) is 0 Å². The molecule has 2 N–H and O–H groups in total. The largest absolute Gasteiger partial charge is 0.490 e. The number of carbonyl (C=O) groups excluding carboxylic acids is 2. The summed E-state index contributed by atoms with van der Waals surface area (Å²) in [5.74, 6) is -3.52. The fourth-order valence-corrected chi connectivity index (χ4v) is 4.81. The van der Waals surface area contributed by atoms with Gasteiger partial charge >= 0.3 is 12.1 Å². The average molecular weight is 584 g/mol. The van der Waals surface area contributed by atoms with Gasteiger partial charge in [0.2, 0.25) is 5.91 Å². The molecule has 0 aliphatic carbocycles. The molecule has 3 heterocycles. The normalized spacial score (nSPS) is 18.0. The monoisotopic (exact) mass is 583 g/mol. The second-order valence-corrected chi connectivity index (χ2v) is 10.3. The summed E-state index contributed by atoms with van der Waals surface area (Å²) in [6.45, 7) is 7.06. The van der Waals surface area contributed by atoms with Crippen LogP contribution in [0.4, 0.5) is 17.6 Å². The van der Waals surface area contributed by atoms with E-state index in [-0.39, 0.29) is 28.9 Å². The molecule has 0 radical (unpaired) electrons. The lowest BCUT2D eigenvalue weighted by molar-refractivity contribution is -0.192. The van der Waals surface area contributed by atoms with Crippen molar-refractivity contribution in [2.24, 2.45) is 5.92 Å². The number of rotatable bonds is 4. The number of nitrogens with one attached hydrogen (secondary N) is 1. The lowest BCUT2D eigenvalue weighted by atomic mass is 9.96. The van der Waals surface area contributed by atoms with Gasteiger partial charge in [0.15, 0.2) is 0 Å². The molecule has 1 aromatic carbocycles. The predicted octanol–water partition coefficient (Wildman–Crippen LogP) is 2.38. The number of aromatic amines is 1. The summed E-state index contributed by atoms with van der Waals surface area (Å²) in [7, 11) is 2.04. The molecule has 2 saturated heterocycles. The van der Waals surface area contributed by atoms with Crippen molar-refractivity contribution in [3.05, 3.63) is 62.3 Å². The zero-order chi connectivity index (χ0) is 30.5. The smallest absolute Gasteiger partial charge is 0.475 e. The van der Waals surface area contributed by atoms with E-state index in [1.807, 2.05) is 18.9 Å². The first-order valence-electron chi connectivity index (χ1n) is 13.1. The Kier molecular flexibility index (Phi) is 10.2. The van der Waals surface area contributed by atoms with Gasteiger partial charge in [0.1, 0.15) is 5.82 Å². The number of carboxylic acids is 1. The molecule has 0 bridgehead atoms. The third kappa shape index (κ3) is 8.12. The van der Waals surface area contributed by atoms with E-state index in [2.05, 4.69) is 15.1 Å². The summed E-state index contributed by atoms with van der Waals surface area (Å²) in [4.78, 5) is 52.3. The highest BCUT2D eigenvalue weighted by Gasteiger charge is 2.38. The highest BCUT2D eigenvalue weighted by Crippen LogP contribution is 2.21. The van der Waals surface area contributed by atoms with E-state index in [4.69, 9.17) is 9.90 Å². The second kappa shape index (κ2) is 13.2. The summed E-state index contributed by atoms with van der Waals surface area (Å²) in [6.07, 6.45) is -2.78. The maximum atomic E-state index is 14.6. The number of likely N-dealkylation sites (tertiary alicyclic amines) is 1. The first-order valence-corrected chi connectivity index (χ1v) is 13.1. The first kappa shape index (κ1) is 31.7. The molecule has 4 rings (SSSR count). The number of nitrogens with zero attached hydrogens (tertiary/aromatic N) is 4. The van der Waals surface area contributed by atoms with Crippen molar-refractivity contribution in [3.8, 4) is 0 Å². The fourth-order valence-electron chi connectivity index (χ4n) is 4.81. The molecule has 2 aromatic rings. The number of hydrogen-bond acceptors (Lipinski definition) is 6. The Morgan fingerprint density at radius 2 is 1.66 bits per heavy atom. The van der Waals surface area contributed by atoms with Gasteiger partial charge in [-0.05, 0) is 63.5 Å². The van der Waals surface area contributed by atoms with Crippen molar-refractivity contribution < 1.29 is 37.1 Å². The van der Waals surface area contributed by atoms with Gasteiger partial charge in [0.25, 0.3) is 11.5 Å². The number of piperidine rings is 1. The van der Waals surface area contributed by atoms with Gasteiger partial charge in [0, 0.05) is 44.7 Å². The summed E-state index contributed by atoms with van der Waals surface area (Å²) < 4.78 is 46.4. The van der Waals surface area contributed by atoms with Gasteiger partial charge in [-0.2, -0.15) is 18.3 Å². The molecule has 41 heavy (non-hydrogen) atoms. The predicted molar refractivity (Wildman–Crippen MR) is 140 cm³/mol.